The number of hydrogen-bond donors (Lipinski definition) is 1. The third-order valence-corrected chi connectivity index (χ3v) is 5.55. The number of aromatic amines is 1. The number of H-pyrrole nitrogens is 1. The fourth-order valence-corrected chi connectivity index (χ4v) is 3.93. The molecule has 30 heavy (non-hydrogen) atoms. The van der Waals surface area contributed by atoms with E-state index in [1.54, 1.807) is 12.3 Å². The Morgan fingerprint density at radius 1 is 1.37 bits per heavy atom. The van der Waals surface area contributed by atoms with Crippen LogP contribution in [0.15, 0.2) is 40.9 Å². The number of aromatic nitrogens is 3. The van der Waals surface area contributed by atoms with E-state index < -0.39 is 0 Å². The van der Waals surface area contributed by atoms with E-state index in [1.807, 2.05) is 17.0 Å². The first-order chi connectivity index (χ1) is 14.6. The van der Waals surface area contributed by atoms with Crippen molar-refractivity contribution >= 4 is 5.91 Å². The number of oxazole rings is 1. The highest BCUT2D eigenvalue weighted by Crippen LogP contribution is 2.28. The molecule has 2 aromatic heterocycles. The summed E-state index contributed by atoms with van der Waals surface area (Å²) in [6.07, 6.45) is 7.10. The normalized spacial score (nSPS) is 16.7. The van der Waals surface area contributed by atoms with E-state index in [0.29, 0.717) is 36.9 Å². The van der Waals surface area contributed by atoms with Crippen LogP contribution >= 0.6 is 0 Å². The molecule has 1 aliphatic heterocycles. The highest BCUT2D eigenvalue weighted by Gasteiger charge is 2.29. The van der Waals surface area contributed by atoms with Crippen LogP contribution in [-0.4, -0.2) is 39.1 Å². The zero-order valence-electron chi connectivity index (χ0n) is 17.2. The van der Waals surface area contributed by atoms with Crippen LogP contribution < -0.4 is 0 Å². The first-order valence-electron chi connectivity index (χ1n) is 10.6. The highest BCUT2D eigenvalue weighted by atomic mass is 19.1. The molecule has 6 nitrogen and oxygen atoms in total. The number of hydrogen-bond acceptors (Lipinski definition) is 4. The van der Waals surface area contributed by atoms with Gasteiger partial charge in [-0.05, 0) is 49.4 Å². The van der Waals surface area contributed by atoms with Gasteiger partial charge in [-0.15, -0.1) is 0 Å². The van der Waals surface area contributed by atoms with Crippen LogP contribution in [0.1, 0.15) is 71.9 Å². The molecule has 0 unspecified atom stereocenters. The molecule has 1 N–H and O–H groups in total. The summed E-state index contributed by atoms with van der Waals surface area (Å²) < 4.78 is 19.4. The second kappa shape index (κ2) is 9.24. The molecule has 0 aliphatic carbocycles. The number of halogens is 1. The van der Waals surface area contributed by atoms with Crippen LogP contribution in [0, 0.1) is 5.82 Å². The quantitative estimate of drug-likeness (QED) is 0.623. The van der Waals surface area contributed by atoms with Crippen molar-refractivity contribution in [1.82, 2.24) is 20.1 Å². The lowest BCUT2D eigenvalue weighted by Crippen LogP contribution is -2.39. The monoisotopic (exact) mass is 410 g/mol. The summed E-state index contributed by atoms with van der Waals surface area (Å²) in [5.41, 5.74) is 2.32. The van der Waals surface area contributed by atoms with Crippen LogP contribution in [0.25, 0.3) is 0 Å². The molecular formula is C23H27FN4O2. The largest absolute Gasteiger partial charge is 0.445 e. The van der Waals surface area contributed by atoms with Gasteiger partial charge in [0.25, 0.3) is 5.91 Å². The summed E-state index contributed by atoms with van der Waals surface area (Å²) in [5, 5.41) is 7.19. The third-order valence-electron chi connectivity index (χ3n) is 5.55. The molecule has 7 heteroatoms. The summed E-state index contributed by atoms with van der Waals surface area (Å²) in [4.78, 5) is 19.2. The summed E-state index contributed by atoms with van der Waals surface area (Å²) in [6.45, 7) is 3.42. The van der Waals surface area contributed by atoms with Crippen LogP contribution in [0.2, 0.25) is 0 Å². The lowest BCUT2D eigenvalue weighted by atomic mass is 9.97. The van der Waals surface area contributed by atoms with Crippen LogP contribution in [0.5, 0.6) is 0 Å². The predicted octanol–water partition coefficient (Wildman–Crippen LogP) is 4.49. The van der Waals surface area contributed by atoms with E-state index in [4.69, 9.17) is 4.42 Å². The Hall–Kier alpha value is -2.96. The van der Waals surface area contributed by atoms with Crippen molar-refractivity contribution in [2.24, 2.45) is 0 Å². The second-order valence-corrected chi connectivity index (χ2v) is 7.94. The highest BCUT2D eigenvalue weighted by molar-refractivity contribution is 5.92. The number of carbonyl (C=O) groups is 1. The first-order valence-corrected chi connectivity index (χ1v) is 10.6. The third kappa shape index (κ3) is 4.78. The van der Waals surface area contributed by atoms with Gasteiger partial charge in [-0.2, -0.15) is 5.10 Å². The minimum atomic E-state index is -0.259. The smallest absolute Gasteiger partial charge is 0.274 e. The van der Waals surface area contributed by atoms with Crippen LogP contribution in [0.3, 0.4) is 0 Å². The topological polar surface area (TPSA) is 75.0 Å². The average molecular weight is 410 g/mol. The zero-order chi connectivity index (χ0) is 20.9. The molecule has 158 valence electrons. The van der Waals surface area contributed by atoms with Crippen molar-refractivity contribution in [2.75, 3.05) is 13.1 Å². The molecule has 0 spiro atoms. The van der Waals surface area contributed by atoms with E-state index >= 15 is 0 Å². The number of aryl methyl sites for hydroxylation is 1. The molecule has 1 amide bonds. The second-order valence-electron chi connectivity index (χ2n) is 7.94. The molecule has 0 saturated carbocycles. The number of rotatable bonds is 7. The summed E-state index contributed by atoms with van der Waals surface area (Å²) in [6, 6.07) is 8.35. The van der Waals surface area contributed by atoms with Crippen molar-refractivity contribution in [3.8, 4) is 0 Å². The number of likely N-dealkylation sites (tertiary alicyclic amines) is 1. The summed E-state index contributed by atoms with van der Waals surface area (Å²) in [7, 11) is 0. The van der Waals surface area contributed by atoms with Gasteiger partial charge < -0.3 is 9.32 Å². The number of benzene rings is 1. The number of nitrogens with one attached hydrogen (secondary N) is 1. The number of nitrogens with zero attached hydrogens (tertiary/aromatic N) is 3. The molecule has 1 atom stereocenters. The molecule has 1 aliphatic rings. The van der Waals surface area contributed by atoms with E-state index in [-0.39, 0.29) is 17.6 Å². The predicted molar refractivity (Wildman–Crippen MR) is 111 cm³/mol. The lowest BCUT2D eigenvalue weighted by molar-refractivity contribution is 0.0692. The molecule has 1 saturated heterocycles. The fourth-order valence-electron chi connectivity index (χ4n) is 3.93. The van der Waals surface area contributed by atoms with Gasteiger partial charge in [-0.1, -0.05) is 25.5 Å². The summed E-state index contributed by atoms with van der Waals surface area (Å²) in [5.74, 6) is 1.09. The Labute approximate surface area is 175 Å². The molecular weight excluding hydrogens is 383 g/mol. The van der Waals surface area contributed by atoms with Crippen molar-refractivity contribution in [3.63, 3.8) is 0 Å². The summed E-state index contributed by atoms with van der Waals surface area (Å²) >= 11 is 0. The van der Waals surface area contributed by atoms with Crippen molar-refractivity contribution in [2.45, 2.75) is 51.4 Å². The van der Waals surface area contributed by atoms with E-state index in [2.05, 4.69) is 22.1 Å². The van der Waals surface area contributed by atoms with E-state index in [1.165, 1.54) is 12.1 Å². The van der Waals surface area contributed by atoms with Gasteiger partial charge in [0, 0.05) is 25.2 Å². The van der Waals surface area contributed by atoms with Crippen LogP contribution in [0.4, 0.5) is 4.39 Å². The maximum atomic E-state index is 13.4. The van der Waals surface area contributed by atoms with Gasteiger partial charge in [0.15, 0.2) is 5.89 Å². The average Bonchev–Trinajstić information content (AvgIpc) is 3.42. The maximum absolute atomic E-state index is 13.4. The van der Waals surface area contributed by atoms with Gasteiger partial charge in [0.1, 0.15) is 17.3 Å². The molecule has 1 aromatic carbocycles. The van der Waals surface area contributed by atoms with Crippen molar-refractivity contribution < 1.29 is 13.6 Å². The molecule has 0 bridgehead atoms. The molecule has 3 aromatic rings. The number of amides is 1. The minimum absolute atomic E-state index is 0.0507. The number of unbranched alkanes of at least 4 members (excludes halogenated alkanes) is 1. The van der Waals surface area contributed by atoms with Gasteiger partial charge in [-0.3, -0.25) is 9.89 Å². The van der Waals surface area contributed by atoms with Gasteiger partial charge in [0.2, 0.25) is 0 Å². The molecule has 1 fully saturated rings. The Morgan fingerprint density at radius 3 is 3.10 bits per heavy atom. The van der Waals surface area contributed by atoms with E-state index in [9.17, 15) is 9.18 Å². The Kier molecular flexibility index (Phi) is 6.26. The first kappa shape index (κ1) is 20.3. The maximum Gasteiger partial charge on any atom is 0.274 e. The standard InChI is InChI=1S/C23H27FN4O2/c1-2-3-9-19-13-21(27-26-19)23(29)28-10-5-7-17(15-28)22-25-14-20(30-22)12-16-6-4-8-18(24)11-16/h4,6,8,11,13-14,17H,2-3,5,7,9-10,12,15H2,1H3,(H,26,27)/t17-/m1/s1. The molecule has 0 radical (unpaired) electrons. The minimum Gasteiger partial charge on any atom is -0.445 e. The van der Waals surface area contributed by atoms with Crippen LogP contribution in [-0.2, 0) is 12.8 Å². The van der Waals surface area contributed by atoms with Gasteiger partial charge in [0.05, 0.1) is 12.1 Å². The fraction of sp³-hybridized carbons (Fsp3) is 0.435. The van der Waals surface area contributed by atoms with Gasteiger partial charge in [-0.25, -0.2) is 9.37 Å². The van der Waals surface area contributed by atoms with Crippen molar-refractivity contribution in [3.05, 3.63) is 70.9 Å². The van der Waals surface area contributed by atoms with Gasteiger partial charge >= 0.3 is 0 Å². The lowest BCUT2D eigenvalue weighted by Gasteiger charge is -2.30. The van der Waals surface area contributed by atoms with E-state index in [0.717, 1.165) is 43.4 Å². The zero-order valence-corrected chi connectivity index (χ0v) is 17.2. The number of carbonyl (C=O) groups excluding carboxylic acids is 1. The Morgan fingerprint density at radius 2 is 2.27 bits per heavy atom. The molecule has 4 rings (SSSR count). The molecule has 3 heterocycles. The SMILES string of the molecule is CCCCc1cc(C(=O)N2CCC[C@@H](c3ncc(Cc4cccc(F)c4)o3)C2)n[nH]1. The Bertz CT molecular complexity index is 997. The van der Waals surface area contributed by atoms with Crippen molar-refractivity contribution in [1.29, 1.82) is 0 Å². The number of piperidine rings is 1. The Balaban J connectivity index is 1.39.